The van der Waals surface area contributed by atoms with E-state index in [9.17, 15) is 0 Å². The molecule has 0 radical (unpaired) electrons. The Labute approximate surface area is 81.2 Å². The molecule has 0 bridgehead atoms. The maximum Gasteiger partial charge on any atom is -0.0445 e. The maximum absolute atomic E-state index is 4.05. The Morgan fingerprint density at radius 2 is 0.625 bits per heavy atom. The van der Waals surface area contributed by atoms with Crippen molar-refractivity contribution in [2.75, 3.05) is 0 Å². The SMILES string of the molecule is SS(S)(S)S(S)(S)S. The molecule has 0 aliphatic carbocycles. The zero-order chi connectivity index (χ0) is 7.00. The van der Waals surface area contributed by atoms with Crippen LogP contribution in [0.4, 0.5) is 0 Å². The number of rotatable bonds is 1. The van der Waals surface area contributed by atoms with Crippen molar-refractivity contribution >= 4 is 82.3 Å². The Morgan fingerprint density at radius 3 is 0.625 bits per heavy atom. The fourth-order valence-corrected chi connectivity index (χ4v) is 0. The first-order chi connectivity index (χ1) is 3.25. The molecule has 0 aromatic carbocycles. The molecule has 0 aliphatic rings. The largest absolute Gasteiger partial charge is 0.101 e. The first-order valence-electron chi connectivity index (χ1n) is 1.26. The van der Waals surface area contributed by atoms with E-state index in [1.807, 2.05) is 0 Å². The number of thiol groups is 6. The second-order valence-corrected chi connectivity index (χ2v) is 25.3. The molecule has 0 aromatic rings. The van der Waals surface area contributed by atoms with Crippen LogP contribution < -0.4 is 0 Å². The molecule has 0 rings (SSSR count). The van der Waals surface area contributed by atoms with E-state index in [1.54, 1.807) is 0 Å². The summed E-state index contributed by atoms with van der Waals surface area (Å²) in [7, 11) is 0. The minimum Gasteiger partial charge on any atom is -0.101 e. The van der Waals surface area contributed by atoms with Crippen LogP contribution in [0.1, 0.15) is 0 Å². The zero-order valence-electron chi connectivity index (χ0n) is 3.50. The van der Waals surface area contributed by atoms with Crippen LogP contribution in [0.3, 0.4) is 0 Å². The zero-order valence-corrected chi connectivity index (χ0v) is 10.5. The average Bonchev–Trinajstić information content (AvgIpc) is 1.25. The van der Waals surface area contributed by atoms with Gasteiger partial charge in [0.05, 0.1) is 0 Å². The second kappa shape index (κ2) is 3.46. The van der Waals surface area contributed by atoms with Crippen molar-refractivity contribution in [2.24, 2.45) is 0 Å². The van der Waals surface area contributed by atoms with Crippen LogP contribution in [0.25, 0.3) is 0 Å². The molecule has 0 nitrogen and oxygen atoms in total. The summed E-state index contributed by atoms with van der Waals surface area (Å²) in [5, 5.41) is 0. The molecule has 0 spiro atoms. The number of hydrogen-bond donors (Lipinski definition) is 6. The van der Waals surface area contributed by atoms with Gasteiger partial charge in [-0.25, -0.2) is 0 Å². The second-order valence-electron chi connectivity index (χ2n) is 0.937. The van der Waals surface area contributed by atoms with Crippen molar-refractivity contribution < 1.29 is 0 Å². The van der Waals surface area contributed by atoms with E-state index in [-0.39, 0.29) is 0 Å². The summed E-state index contributed by atoms with van der Waals surface area (Å²) in [6.07, 6.45) is -3.16. The topological polar surface area (TPSA) is 0 Å². The van der Waals surface area contributed by atoms with Crippen molar-refractivity contribution in [2.45, 2.75) is 0 Å². The van der Waals surface area contributed by atoms with Gasteiger partial charge in [-0.15, -0.1) is 70.0 Å². The van der Waals surface area contributed by atoms with Crippen LogP contribution >= 0.6 is 82.3 Å². The van der Waals surface area contributed by atoms with Gasteiger partial charge in [0.2, 0.25) is 0 Å². The summed E-state index contributed by atoms with van der Waals surface area (Å²) < 4.78 is 0. The third-order valence-corrected chi connectivity index (χ3v) is 24.3. The summed E-state index contributed by atoms with van der Waals surface area (Å²) in [4.78, 5) is 0. The molecule has 0 aliphatic heterocycles. The van der Waals surface area contributed by atoms with Gasteiger partial charge in [-0.05, 0) is 12.3 Å². The van der Waals surface area contributed by atoms with Gasteiger partial charge in [-0.1, -0.05) is 0 Å². The molecule has 0 fully saturated rings. The van der Waals surface area contributed by atoms with Crippen LogP contribution in [0.5, 0.6) is 0 Å². The summed E-state index contributed by atoms with van der Waals surface area (Å²) in [5.41, 5.74) is 0. The van der Waals surface area contributed by atoms with Gasteiger partial charge >= 0.3 is 0 Å². The Bertz CT molecular complexity index is 55.0. The smallest absolute Gasteiger partial charge is 0.0445 e. The lowest BCUT2D eigenvalue weighted by molar-refractivity contribution is 5.29. The normalized spacial score (nSPS) is 18.2. The van der Waals surface area contributed by atoms with E-state index < -0.39 is 12.3 Å². The van der Waals surface area contributed by atoms with Crippen molar-refractivity contribution in [1.82, 2.24) is 0 Å². The Balaban J connectivity index is 4.02. The highest BCUT2D eigenvalue weighted by atomic mass is 34.4. The fourth-order valence-electron chi connectivity index (χ4n) is 0. The summed E-state index contributed by atoms with van der Waals surface area (Å²) >= 11 is 24.3. The van der Waals surface area contributed by atoms with Crippen molar-refractivity contribution in [1.29, 1.82) is 0 Å². The lowest BCUT2D eigenvalue weighted by Gasteiger charge is -2.37. The first kappa shape index (κ1) is 10.8. The average molecular weight is 263 g/mol. The molecule has 0 unspecified atom stereocenters. The quantitative estimate of drug-likeness (QED) is 0.302. The highest BCUT2D eigenvalue weighted by Crippen LogP contribution is 2.95. The van der Waals surface area contributed by atoms with Crippen molar-refractivity contribution in [3.8, 4) is 0 Å². The molecule has 0 aromatic heterocycles. The predicted octanol–water partition coefficient (Wildman–Crippen LogP) is 3.58. The van der Waals surface area contributed by atoms with E-state index in [1.165, 1.54) is 0 Å². The van der Waals surface area contributed by atoms with Gasteiger partial charge in [0.15, 0.2) is 0 Å². The fraction of sp³-hybridized carbons (Fsp3) is 0. The van der Waals surface area contributed by atoms with Crippen molar-refractivity contribution in [3.05, 3.63) is 0 Å². The first-order valence-corrected chi connectivity index (χ1v) is 11.4. The Morgan fingerprint density at radius 1 is 0.500 bits per heavy atom. The molecule has 0 amide bonds. The van der Waals surface area contributed by atoms with Gasteiger partial charge in [0.1, 0.15) is 0 Å². The molecule has 0 N–H and O–H groups in total. The van der Waals surface area contributed by atoms with Gasteiger partial charge in [0.25, 0.3) is 0 Å². The minimum atomic E-state index is -1.58. The van der Waals surface area contributed by atoms with Crippen LogP contribution in [-0.2, 0) is 0 Å². The van der Waals surface area contributed by atoms with E-state index >= 15 is 0 Å². The van der Waals surface area contributed by atoms with E-state index in [2.05, 4.69) is 70.0 Å². The third kappa shape index (κ3) is 3.85. The molecule has 54 valence electrons. The van der Waals surface area contributed by atoms with E-state index in [0.29, 0.717) is 0 Å². The standard InChI is InChI=1S/H6S8/c1-7(2,3)8(4,5)6/h1-6H. The summed E-state index contributed by atoms with van der Waals surface area (Å²) in [6, 6.07) is 0. The highest BCUT2D eigenvalue weighted by molar-refractivity contribution is 9.90. The predicted molar refractivity (Wildman–Crippen MR) is 69.1 cm³/mol. The van der Waals surface area contributed by atoms with Gasteiger partial charge < -0.3 is 0 Å². The molecule has 0 heterocycles. The van der Waals surface area contributed by atoms with Crippen LogP contribution in [0, 0.1) is 0 Å². The Hall–Kier alpha value is 2.80. The lowest BCUT2D eigenvalue weighted by atomic mass is 29.8. The molecule has 0 saturated heterocycles. The monoisotopic (exact) mass is 262 g/mol. The summed E-state index contributed by atoms with van der Waals surface area (Å²) in [5.74, 6) is 0. The van der Waals surface area contributed by atoms with Crippen LogP contribution in [0.2, 0.25) is 0 Å². The molecular weight excluding hydrogens is 257 g/mol. The molecule has 0 saturated carbocycles. The van der Waals surface area contributed by atoms with Crippen LogP contribution in [0.15, 0.2) is 0 Å². The van der Waals surface area contributed by atoms with Crippen LogP contribution in [-0.4, -0.2) is 0 Å². The lowest BCUT2D eigenvalue weighted by Crippen LogP contribution is -1.65. The third-order valence-electron chi connectivity index (χ3n) is 0.300. The number of hydrogen-bond acceptors (Lipinski definition) is 6. The summed E-state index contributed by atoms with van der Waals surface area (Å²) in [6.45, 7) is 0. The molecular formula is H6S8. The van der Waals surface area contributed by atoms with E-state index in [4.69, 9.17) is 0 Å². The molecule has 0 atom stereocenters. The highest BCUT2D eigenvalue weighted by Gasteiger charge is 2.24. The Kier molecular flexibility index (Phi) is 4.68. The minimum absolute atomic E-state index is 1.58. The van der Waals surface area contributed by atoms with Gasteiger partial charge in [-0.2, -0.15) is 0 Å². The van der Waals surface area contributed by atoms with Gasteiger partial charge in [-0.3, -0.25) is 0 Å². The van der Waals surface area contributed by atoms with Crippen molar-refractivity contribution in [3.63, 3.8) is 0 Å². The molecule has 8 heteroatoms. The maximum atomic E-state index is 4.05. The van der Waals surface area contributed by atoms with E-state index in [0.717, 1.165) is 0 Å². The molecule has 8 heavy (non-hydrogen) atoms. The van der Waals surface area contributed by atoms with Gasteiger partial charge in [0, 0.05) is 0 Å².